The summed E-state index contributed by atoms with van der Waals surface area (Å²) in [4.78, 5) is 14.0. The van der Waals surface area contributed by atoms with Crippen molar-refractivity contribution in [3.05, 3.63) is 69.8 Å². The minimum Gasteiger partial charge on any atom is -0.258 e. The van der Waals surface area contributed by atoms with Crippen LogP contribution in [0.25, 0.3) is 0 Å². The minimum absolute atomic E-state index is 0.0837. The standard InChI is InChI=1S/C13H8F2N2O2/c14-10-5-6-12(11(15)7-10)16-8-9-3-1-2-4-13(9)17(18)19/h1-8H. The molecule has 19 heavy (non-hydrogen) atoms. The molecule has 0 saturated carbocycles. The van der Waals surface area contributed by atoms with Crippen LogP contribution in [-0.2, 0) is 0 Å². The molecule has 0 bridgehead atoms. The van der Waals surface area contributed by atoms with E-state index < -0.39 is 16.6 Å². The zero-order valence-corrected chi connectivity index (χ0v) is 9.59. The normalized spacial score (nSPS) is 10.8. The maximum Gasteiger partial charge on any atom is 0.278 e. The summed E-state index contributed by atoms with van der Waals surface area (Å²) in [6.45, 7) is 0. The predicted molar refractivity (Wildman–Crippen MR) is 66.7 cm³/mol. The number of aliphatic imine (C=N–C) groups is 1. The molecule has 0 saturated heterocycles. The van der Waals surface area contributed by atoms with Crippen LogP contribution in [0.15, 0.2) is 47.5 Å². The Morgan fingerprint density at radius 1 is 1.16 bits per heavy atom. The van der Waals surface area contributed by atoms with Gasteiger partial charge in [0, 0.05) is 18.3 Å². The molecule has 6 heteroatoms. The van der Waals surface area contributed by atoms with Crippen LogP contribution in [0.2, 0.25) is 0 Å². The van der Waals surface area contributed by atoms with Crippen molar-refractivity contribution >= 4 is 17.6 Å². The highest BCUT2D eigenvalue weighted by Crippen LogP contribution is 2.20. The zero-order valence-electron chi connectivity index (χ0n) is 9.59. The number of nitro benzene ring substituents is 1. The van der Waals surface area contributed by atoms with E-state index in [-0.39, 0.29) is 16.9 Å². The van der Waals surface area contributed by atoms with Gasteiger partial charge in [-0.15, -0.1) is 0 Å². The Hall–Kier alpha value is -2.63. The highest BCUT2D eigenvalue weighted by molar-refractivity contribution is 5.87. The van der Waals surface area contributed by atoms with Crippen LogP contribution >= 0.6 is 0 Å². The van der Waals surface area contributed by atoms with Crippen molar-refractivity contribution in [2.75, 3.05) is 0 Å². The van der Waals surface area contributed by atoms with Crippen LogP contribution in [0.3, 0.4) is 0 Å². The van der Waals surface area contributed by atoms with Crippen molar-refractivity contribution in [2.45, 2.75) is 0 Å². The van der Waals surface area contributed by atoms with Crippen LogP contribution in [0.1, 0.15) is 5.56 Å². The highest BCUT2D eigenvalue weighted by atomic mass is 19.1. The molecule has 0 aliphatic heterocycles. The fraction of sp³-hybridized carbons (Fsp3) is 0. The van der Waals surface area contributed by atoms with Crippen LogP contribution < -0.4 is 0 Å². The van der Waals surface area contributed by atoms with E-state index in [2.05, 4.69) is 4.99 Å². The third-order valence-electron chi connectivity index (χ3n) is 2.39. The molecule has 2 aromatic carbocycles. The first kappa shape index (κ1) is 12.8. The number of para-hydroxylation sites is 1. The van der Waals surface area contributed by atoms with Gasteiger partial charge in [-0.3, -0.25) is 15.1 Å². The molecule has 0 aliphatic carbocycles. The first-order valence-electron chi connectivity index (χ1n) is 5.30. The largest absolute Gasteiger partial charge is 0.278 e. The summed E-state index contributed by atoms with van der Waals surface area (Å²) in [5, 5.41) is 10.8. The Kier molecular flexibility index (Phi) is 3.61. The van der Waals surface area contributed by atoms with Gasteiger partial charge in [-0.25, -0.2) is 8.78 Å². The summed E-state index contributed by atoms with van der Waals surface area (Å²) in [6, 6.07) is 8.87. The van der Waals surface area contributed by atoms with Gasteiger partial charge in [0.2, 0.25) is 0 Å². The van der Waals surface area contributed by atoms with Crippen LogP contribution in [0.4, 0.5) is 20.2 Å². The lowest BCUT2D eigenvalue weighted by atomic mass is 10.2. The van der Waals surface area contributed by atoms with Crippen molar-refractivity contribution in [3.8, 4) is 0 Å². The van der Waals surface area contributed by atoms with E-state index in [1.54, 1.807) is 6.07 Å². The molecule has 4 nitrogen and oxygen atoms in total. The Balaban J connectivity index is 2.35. The Labute approximate surface area is 107 Å². The van der Waals surface area contributed by atoms with E-state index >= 15 is 0 Å². The summed E-state index contributed by atoms with van der Waals surface area (Å²) >= 11 is 0. The second kappa shape index (κ2) is 5.34. The molecule has 2 rings (SSSR count). The lowest BCUT2D eigenvalue weighted by Gasteiger charge is -1.98. The predicted octanol–water partition coefficient (Wildman–Crippen LogP) is 3.62. The van der Waals surface area contributed by atoms with E-state index in [1.807, 2.05) is 0 Å². The summed E-state index contributed by atoms with van der Waals surface area (Å²) in [6.07, 6.45) is 1.18. The molecule has 0 N–H and O–H groups in total. The van der Waals surface area contributed by atoms with Crippen LogP contribution in [0, 0.1) is 21.7 Å². The molecule has 0 aliphatic rings. The fourth-order valence-corrected chi connectivity index (χ4v) is 1.49. The zero-order chi connectivity index (χ0) is 13.8. The number of rotatable bonds is 3. The molecule has 0 aromatic heterocycles. The Bertz CT molecular complexity index is 657. The van der Waals surface area contributed by atoms with Crippen molar-refractivity contribution in [1.82, 2.24) is 0 Å². The lowest BCUT2D eigenvalue weighted by molar-refractivity contribution is -0.385. The van der Waals surface area contributed by atoms with Crippen molar-refractivity contribution in [1.29, 1.82) is 0 Å². The molecule has 0 fully saturated rings. The Morgan fingerprint density at radius 2 is 1.89 bits per heavy atom. The van der Waals surface area contributed by atoms with Gasteiger partial charge in [-0.05, 0) is 18.2 Å². The minimum atomic E-state index is -0.824. The van der Waals surface area contributed by atoms with Crippen LogP contribution in [-0.4, -0.2) is 11.1 Å². The van der Waals surface area contributed by atoms with Gasteiger partial charge in [-0.2, -0.15) is 0 Å². The molecule has 0 atom stereocenters. The summed E-state index contributed by atoms with van der Waals surface area (Å²) in [5.74, 6) is -1.53. The average molecular weight is 262 g/mol. The van der Waals surface area contributed by atoms with E-state index in [0.29, 0.717) is 6.07 Å². The van der Waals surface area contributed by atoms with Crippen molar-refractivity contribution < 1.29 is 13.7 Å². The van der Waals surface area contributed by atoms with Gasteiger partial charge in [0.25, 0.3) is 5.69 Å². The summed E-state index contributed by atoms with van der Waals surface area (Å²) < 4.78 is 26.0. The Morgan fingerprint density at radius 3 is 2.58 bits per heavy atom. The average Bonchev–Trinajstić information content (AvgIpc) is 2.38. The van der Waals surface area contributed by atoms with E-state index in [0.717, 1.165) is 12.1 Å². The molecular formula is C13H8F2N2O2. The molecule has 2 aromatic rings. The van der Waals surface area contributed by atoms with Gasteiger partial charge < -0.3 is 0 Å². The van der Waals surface area contributed by atoms with Gasteiger partial charge in [0.05, 0.1) is 16.2 Å². The van der Waals surface area contributed by atoms with Crippen molar-refractivity contribution in [2.24, 2.45) is 4.99 Å². The first-order chi connectivity index (χ1) is 9.08. The van der Waals surface area contributed by atoms with E-state index in [4.69, 9.17) is 0 Å². The first-order valence-corrected chi connectivity index (χ1v) is 5.30. The van der Waals surface area contributed by atoms with E-state index in [1.165, 1.54) is 24.4 Å². The third kappa shape index (κ3) is 2.98. The monoisotopic (exact) mass is 262 g/mol. The number of nitro groups is 1. The number of hydrogen-bond acceptors (Lipinski definition) is 3. The van der Waals surface area contributed by atoms with Crippen molar-refractivity contribution in [3.63, 3.8) is 0 Å². The van der Waals surface area contributed by atoms with E-state index in [9.17, 15) is 18.9 Å². The molecular weight excluding hydrogens is 254 g/mol. The number of hydrogen-bond donors (Lipinski definition) is 0. The fourth-order valence-electron chi connectivity index (χ4n) is 1.49. The number of benzene rings is 2. The molecule has 0 spiro atoms. The lowest BCUT2D eigenvalue weighted by Crippen LogP contribution is -1.93. The maximum absolute atomic E-state index is 13.3. The third-order valence-corrected chi connectivity index (χ3v) is 2.39. The van der Waals surface area contributed by atoms with Gasteiger partial charge in [-0.1, -0.05) is 12.1 Å². The van der Waals surface area contributed by atoms with Gasteiger partial charge in [0.15, 0.2) is 5.82 Å². The second-order valence-corrected chi connectivity index (χ2v) is 3.67. The topological polar surface area (TPSA) is 55.5 Å². The molecule has 0 amide bonds. The quantitative estimate of drug-likeness (QED) is 0.482. The van der Waals surface area contributed by atoms with Gasteiger partial charge in [0.1, 0.15) is 5.82 Å². The number of nitrogens with zero attached hydrogens (tertiary/aromatic N) is 2. The molecule has 0 heterocycles. The SMILES string of the molecule is O=[N+]([O-])c1ccccc1C=Nc1ccc(F)cc1F. The molecule has 96 valence electrons. The highest BCUT2D eigenvalue weighted by Gasteiger charge is 2.10. The molecule has 0 radical (unpaired) electrons. The summed E-state index contributed by atoms with van der Waals surface area (Å²) in [7, 11) is 0. The van der Waals surface area contributed by atoms with Gasteiger partial charge >= 0.3 is 0 Å². The number of halogens is 2. The maximum atomic E-state index is 13.3. The summed E-state index contributed by atoms with van der Waals surface area (Å²) in [5.41, 5.74) is 0.0320. The second-order valence-electron chi connectivity index (χ2n) is 3.67. The van der Waals surface area contributed by atoms with Crippen LogP contribution in [0.5, 0.6) is 0 Å². The molecule has 0 unspecified atom stereocenters. The smallest absolute Gasteiger partial charge is 0.258 e.